The summed E-state index contributed by atoms with van der Waals surface area (Å²) in [6.45, 7) is 6.26. The predicted octanol–water partition coefficient (Wildman–Crippen LogP) is 2.33. The van der Waals surface area contributed by atoms with Gasteiger partial charge in [-0.1, -0.05) is 0 Å². The minimum Gasteiger partial charge on any atom is -0.357 e. The van der Waals surface area contributed by atoms with Gasteiger partial charge in [0.1, 0.15) is 5.69 Å². The predicted molar refractivity (Wildman–Crippen MR) is 53.4 cm³/mol. The molecule has 2 nitrogen and oxygen atoms in total. The minimum absolute atomic E-state index is 0.0454. The number of nitrogens with zero attached hydrogens (tertiary/aromatic N) is 1. The number of rotatable bonds is 1. The highest BCUT2D eigenvalue weighted by molar-refractivity contribution is 7.13. The first-order valence-corrected chi connectivity index (χ1v) is 4.59. The minimum atomic E-state index is 0.0454. The monoisotopic (exact) mass is 180 g/mol. The van der Waals surface area contributed by atoms with Crippen LogP contribution >= 0.6 is 11.3 Å². The highest BCUT2D eigenvalue weighted by atomic mass is 32.1. The van der Waals surface area contributed by atoms with E-state index < -0.39 is 0 Å². The van der Waals surface area contributed by atoms with Gasteiger partial charge in [0.05, 0.1) is 0 Å². The van der Waals surface area contributed by atoms with Gasteiger partial charge in [-0.25, -0.2) is 4.98 Å². The standard InChI is InChI=1S/C9H12N2S/c1-5-7-6-12-8(10-7)11-9(2,3)4/h1,6H,2-4H3,(H,10,11). The summed E-state index contributed by atoms with van der Waals surface area (Å²) in [5.41, 5.74) is 0.746. The zero-order chi connectivity index (χ0) is 9.19. The first-order chi connectivity index (χ1) is 5.51. The molecule has 0 saturated carbocycles. The fourth-order valence-corrected chi connectivity index (χ4v) is 1.58. The molecule has 0 aromatic carbocycles. The van der Waals surface area contributed by atoms with Crippen LogP contribution in [-0.4, -0.2) is 10.5 Å². The summed E-state index contributed by atoms with van der Waals surface area (Å²) in [7, 11) is 0. The average molecular weight is 180 g/mol. The van der Waals surface area contributed by atoms with E-state index >= 15 is 0 Å². The lowest BCUT2D eigenvalue weighted by molar-refractivity contribution is 0.633. The largest absolute Gasteiger partial charge is 0.357 e. The second-order valence-electron chi connectivity index (χ2n) is 3.56. The van der Waals surface area contributed by atoms with Crippen molar-refractivity contribution in [1.82, 2.24) is 4.98 Å². The third-order valence-electron chi connectivity index (χ3n) is 1.13. The molecular formula is C9H12N2S. The zero-order valence-electron chi connectivity index (χ0n) is 7.51. The van der Waals surface area contributed by atoms with E-state index in [1.807, 2.05) is 5.38 Å². The van der Waals surface area contributed by atoms with Crippen molar-refractivity contribution in [3.63, 3.8) is 0 Å². The lowest BCUT2D eigenvalue weighted by Gasteiger charge is -2.19. The fourth-order valence-electron chi connectivity index (χ4n) is 0.718. The van der Waals surface area contributed by atoms with Crippen molar-refractivity contribution in [1.29, 1.82) is 0 Å². The zero-order valence-corrected chi connectivity index (χ0v) is 8.33. The molecule has 1 N–H and O–H groups in total. The highest BCUT2D eigenvalue weighted by Crippen LogP contribution is 2.18. The van der Waals surface area contributed by atoms with Crippen LogP contribution in [0.25, 0.3) is 0 Å². The van der Waals surface area contributed by atoms with E-state index in [0.717, 1.165) is 5.13 Å². The number of aromatic nitrogens is 1. The summed E-state index contributed by atoms with van der Waals surface area (Å²) in [5, 5.41) is 6.00. The lowest BCUT2D eigenvalue weighted by Crippen LogP contribution is -2.25. The van der Waals surface area contributed by atoms with Gasteiger partial charge >= 0.3 is 0 Å². The Bertz CT molecular complexity index is 301. The van der Waals surface area contributed by atoms with Gasteiger partial charge in [0.25, 0.3) is 0 Å². The van der Waals surface area contributed by atoms with Gasteiger partial charge < -0.3 is 5.32 Å². The molecule has 0 radical (unpaired) electrons. The van der Waals surface area contributed by atoms with Crippen molar-refractivity contribution in [3.05, 3.63) is 11.1 Å². The third-order valence-corrected chi connectivity index (χ3v) is 1.89. The summed E-state index contributed by atoms with van der Waals surface area (Å²) in [4.78, 5) is 4.19. The summed E-state index contributed by atoms with van der Waals surface area (Å²) < 4.78 is 0. The Morgan fingerprint density at radius 1 is 1.58 bits per heavy atom. The maximum absolute atomic E-state index is 5.19. The molecule has 3 heteroatoms. The average Bonchev–Trinajstić information content (AvgIpc) is 2.32. The smallest absolute Gasteiger partial charge is 0.184 e. The van der Waals surface area contributed by atoms with Gasteiger partial charge in [-0.05, 0) is 26.7 Å². The van der Waals surface area contributed by atoms with Crippen molar-refractivity contribution in [2.75, 3.05) is 5.32 Å². The van der Waals surface area contributed by atoms with E-state index in [9.17, 15) is 0 Å². The van der Waals surface area contributed by atoms with E-state index in [4.69, 9.17) is 6.42 Å². The molecule has 1 aromatic heterocycles. The Morgan fingerprint density at radius 2 is 2.25 bits per heavy atom. The second kappa shape index (κ2) is 3.16. The van der Waals surface area contributed by atoms with Crippen LogP contribution in [0, 0.1) is 12.3 Å². The first-order valence-electron chi connectivity index (χ1n) is 3.71. The van der Waals surface area contributed by atoms with E-state index in [2.05, 4.69) is 37.0 Å². The molecule has 0 bridgehead atoms. The molecule has 0 aliphatic carbocycles. The van der Waals surface area contributed by atoms with Crippen LogP contribution in [0.15, 0.2) is 5.38 Å². The van der Waals surface area contributed by atoms with Crippen LogP contribution in [0.3, 0.4) is 0 Å². The van der Waals surface area contributed by atoms with Crippen molar-refractivity contribution in [2.24, 2.45) is 0 Å². The van der Waals surface area contributed by atoms with Crippen molar-refractivity contribution >= 4 is 16.5 Å². The van der Waals surface area contributed by atoms with Crippen LogP contribution < -0.4 is 5.32 Å². The molecule has 12 heavy (non-hydrogen) atoms. The number of hydrogen-bond acceptors (Lipinski definition) is 3. The maximum atomic E-state index is 5.19. The van der Waals surface area contributed by atoms with Crippen LogP contribution in [0.4, 0.5) is 5.13 Å². The molecule has 0 spiro atoms. The van der Waals surface area contributed by atoms with E-state index in [0.29, 0.717) is 5.69 Å². The lowest BCUT2D eigenvalue weighted by atomic mass is 10.1. The molecule has 0 aliphatic heterocycles. The van der Waals surface area contributed by atoms with E-state index in [-0.39, 0.29) is 5.54 Å². The number of hydrogen-bond donors (Lipinski definition) is 1. The Balaban J connectivity index is 2.72. The summed E-state index contributed by atoms with van der Waals surface area (Å²) in [6.07, 6.45) is 5.19. The number of anilines is 1. The van der Waals surface area contributed by atoms with Gasteiger partial charge in [0.15, 0.2) is 5.13 Å². The second-order valence-corrected chi connectivity index (χ2v) is 4.42. The van der Waals surface area contributed by atoms with Gasteiger partial charge in [-0.15, -0.1) is 17.8 Å². The van der Waals surface area contributed by atoms with Crippen LogP contribution in [0.5, 0.6) is 0 Å². The molecule has 0 atom stereocenters. The Kier molecular flexibility index (Phi) is 2.39. The molecule has 1 rings (SSSR count). The highest BCUT2D eigenvalue weighted by Gasteiger charge is 2.11. The van der Waals surface area contributed by atoms with E-state index in [1.165, 1.54) is 11.3 Å². The first kappa shape index (κ1) is 9.08. The van der Waals surface area contributed by atoms with Crippen LogP contribution in [-0.2, 0) is 0 Å². The molecule has 0 aliphatic rings. The summed E-state index contributed by atoms with van der Waals surface area (Å²) in [6, 6.07) is 0. The number of thiazole rings is 1. The molecular weight excluding hydrogens is 168 g/mol. The quantitative estimate of drug-likeness (QED) is 0.671. The Hall–Kier alpha value is -1.01. The number of terminal acetylenes is 1. The number of nitrogens with one attached hydrogen (secondary N) is 1. The Morgan fingerprint density at radius 3 is 2.67 bits per heavy atom. The van der Waals surface area contributed by atoms with Gasteiger partial charge in [-0.2, -0.15) is 0 Å². The van der Waals surface area contributed by atoms with Crippen molar-refractivity contribution in [3.8, 4) is 12.3 Å². The van der Waals surface area contributed by atoms with Gasteiger partial charge in [0.2, 0.25) is 0 Å². The normalized spacial score (nSPS) is 10.8. The van der Waals surface area contributed by atoms with Crippen LogP contribution in [0.2, 0.25) is 0 Å². The fraction of sp³-hybridized carbons (Fsp3) is 0.444. The summed E-state index contributed by atoms with van der Waals surface area (Å²) >= 11 is 1.54. The van der Waals surface area contributed by atoms with Crippen LogP contribution in [0.1, 0.15) is 26.5 Å². The topological polar surface area (TPSA) is 24.9 Å². The van der Waals surface area contributed by atoms with Gasteiger partial charge in [-0.3, -0.25) is 0 Å². The molecule has 64 valence electrons. The molecule has 0 unspecified atom stereocenters. The van der Waals surface area contributed by atoms with Crippen molar-refractivity contribution < 1.29 is 0 Å². The SMILES string of the molecule is C#Cc1csc(NC(C)(C)C)n1. The maximum Gasteiger partial charge on any atom is 0.184 e. The van der Waals surface area contributed by atoms with Gasteiger partial charge in [0, 0.05) is 10.9 Å². The molecule has 1 aromatic rings. The summed E-state index contributed by atoms with van der Waals surface area (Å²) in [5.74, 6) is 2.49. The third kappa shape index (κ3) is 2.55. The van der Waals surface area contributed by atoms with E-state index in [1.54, 1.807) is 0 Å². The molecule has 0 fully saturated rings. The molecule has 1 heterocycles. The molecule has 0 saturated heterocycles. The molecule has 0 amide bonds. The van der Waals surface area contributed by atoms with Crippen molar-refractivity contribution in [2.45, 2.75) is 26.3 Å². The Labute approximate surface area is 77.0 Å².